The van der Waals surface area contributed by atoms with Crippen LogP contribution in [0.15, 0.2) is 23.3 Å². The lowest BCUT2D eigenvalue weighted by atomic mass is 9.76. The van der Waals surface area contributed by atoms with Gasteiger partial charge in [-0.1, -0.05) is 12.8 Å². The van der Waals surface area contributed by atoms with Crippen LogP contribution in [0.25, 0.3) is 11.3 Å². The number of nitrogens with one attached hydrogen (secondary N) is 1. The molecule has 1 aromatic carbocycles. The van der Waals surface area contributed by atoms with Gasteiger partial charge in [0.1, 0.15) is 17.6 Å². The maximum Gasteiger partial charge on any atom is 0.223 e. The molecule has 7 nitrogen and oxygen atoms in total. The van der Waals surface area contributed by atoms with E-state index >= 15 is 4.39 Å². The molecule has 5 rings (SSSR count). The number of nitriles is 1. The highest BCUT2D eigenvalue weighted by Crippen LogP contribution is 2.52. The molecule has 2 atom stereocenters. The molecule has 2 fully saturated rings. The number of halogens is 1. The molecule has 1 spiro atoms. The van der Waals surface area contributed by atoms with Crippen molar-refractivity contribution in [2.45, 2.75) is 56.6 Å². The van der Waals surface area contributed by atoms with Gasteiger partial charge in [0.05, 0.1) is 36.2 Å². The summed E-state index contributed by atoms with van der Waals surface area (Å²) in [7, 11) is 0. The lowest BCUT2D eigenvalue weighted by Crippen LogP contribution is -2.42. The lowest BCUT2D eigenvalue weighted by molar-refractivity contribution is -0.0136. The average molecular weight is 421 g/mol. The molecule has 2 N–H and O–H groups in total. The molecule has 2 aliphatic heterocycles. The Hall–Kier alpha value is -2.89. The SMILES string of the molecule is CC1=Nc2c(F)cc(-c3nc(N[C@@H]4CCOC[C@H]4O)ncc3C#N)cc2C12CCCC2. The second-order valence-corrected chi connectivity index (χ2v) is 8.59. The molecule has 3 aliphatic rings. The van der Waals surface area contributed by atoms with Crippen LogP contribution in [0.2, 0.25) is 0 Å². The Morgan fingerprint density at radius 2 is 2.13 bits per heavy atom. The van der Waals surface area contributed by atoms with Crippen molar-refractivity contribution in [2.75, 3.05) is 18.5 Å². The molecule has 1 saturated heterocycles. The minimum absolute atomic E-state index is 0.209. The number of benzene rings is 1. The summed E-state index contributed by atoms with van der Waals surface area (Å²) in [6.45, 7) is 2.77. The summed E-state index contributed by atoms with van der Waals surface area (Å²) in [5, 5.41) is 22.9. The first-order chi connectivity index (χ1) is 15.0. The Labute approximate surface area is 180 Å². The summed E-state index contributed by atoms with van der Waals surface area (Å²) in [6, 6.07) is 5.22. The van der Waals surface area contributed by atoms with Gasteiger partial charge in [-0.3, -0.25) is 4.99 Å². The molecule has 1 saturated carbocycles. The lowest BCUT2D eigenvalue weighted by Gasteiger charge is -2.28. The van der Waals surface area contributed by atoms with Crippen molar-refractivity contribution in [3.63, 3.8) is 0 Å². The Balaban J connectivity index is 1.56. The van der Waals surface area contributed by atoms with E-state index < -0.39 is 11.9 Å². The van der Waals surface area contributed by atoms with Gasteiger partial charge in [0.25, 0.3) is 0 Å². The van der Waals surface area contributed by atoms with Crippen LogP contribution in [0.4, 0.5) is 16.0 Å². The molecule has 0 amide bonds. The molecule has 2 aromatic rings. The van der Waals surface area contributed by atoms with Gasteiger partial charge in [-0.25, -0.2) is 14.4 Å². The Morgan fingerprint density at radius 1 is 1.32 bits per heavy atom. The number of hydrogen-bond donors (Lipinski definition) is 2. The van der Waals surface area contributed by atoms with Crippen molar-refractivity contribution >= 4 is 17.3 Å². The number of ether oxygens (including phenoxy) is 1. The zero-order chi connectivity index (χ0) is 21.6. The summed E-state index contributed by atoms with van der Waals surface area (Å²) >= 11 is 0. The largest absolute Gasteiger partial charge is 0.389 e. The molecule has 0 bridgehead atoms. The summed E-state index contributed by atoms with van der Waals surface area (Å²) in [4.78, 5) is 13.3. The van der Waals surface area contributed by atoms with Crippen molar-refractivity contribution in [3.05, 3.63) is 35.3 Å². The first kappa shape index (κ1) is 20.0. The van der Waals surface area contributed by atoms with Gasteiger partial charge in [-0.2, -0.15) is 5.26 Å². The number of hydrogen-bond acceptors (Lipinski definition) is 7. The highest BCUT2D eigenvalue weighted by Gasteiger charge is 2.44. The predicted molar refractivity (Wildman–Crippen MR) is 114 cm³/mol. The monoisotopic (exact) mass is 421 g/mol. The molecule has 3 heterocycles. The van der Waals surface area contributed by atoms with Crippen LogP contribution >= 0.6 is 0 Å². The van der Waals surface area contributed by atoms with Gasteiger partial charge >= 0.3 is 0 Å². The zero-order valence-electron chi connectivity index (χ0n) is 17.4. The average Bonchev–Trinajstić information content (AvgIpc) is 3.37. The molecular weight excluding hydrogens is 397 g/mol. The van der Waals surface area contributed by atoms with Crippen LogP contribution in [0, 0.1) is 17.1 Å². The highest BCUT2D eigenvalue weighted by molar-refractivity contribution is 6.01. The number of aliphatic hydroxyl groups is 1. The van der Waals surface area contributed by atoms with Crippen molar-refractivity contribution in [3.8, 4) is 17.3 Å². The summed E-state index contributed by atoms with van der Waals surface area (Å²) in [6.07, 6.45) is 5.49. The maximum absolute atomic E-state index is 15.1. The fourth-order valence-corrected chi connectivity index (χ4v) is 5.10. The molecule has 0 unspecified atom stereocenters. The first-order valence-corrected chi connectivity index (χ1v) is 10.7. The van der Waals surface area contributed by atoms with E-state index in [4.69, 9.17) is 4.74 Å². The van der Waals surface area contributed by atoms with E-state index in [2.05, 4.69) is 26.3 Å². The molecular formula is C23H24FN5O2. The van der Waals surface area contributed by atoms with Crippen molar-refractivity contribution in [1.82, 2.24) is 9.97 Å². The zero-order valence-corrected chi connectivity index (χ0v) is 17.4. The first-order valence-electron chi connectivity index (χ1n) is 10.7. The van der Waals surface area contributed by atoms with Crippen LogP contribution < -0.4 is 5.32 Å². The third-order valence-corrected chi connectivity index (χ3v) is 6.83. The van der Waals surface area contributed by atoms with Crippen molar-refractivity contribution in [2.24, 2.45) is 4.99 Å². The predicted octanol–water partition coefficient (Wildman–Crippen LogP) is 3.63. The third-order valence-electron chi connectivity index (χ3n) is 6.83. The van der Waals surface area contributed by atoms with Gasteiger partial charge < -0.3 is 15.2 Å². The van der Waals surface area contributed by atoms with E-state index in [0.717, 1.165) is 37.0 Å². The molecule has 0 radical (unpaired) electrons. The number of fused-ring (bicyclic) bond motifs is 2. The quantitative estimate of drug-likeness (QED) is 0.784. The van der Waals surface area contributed by atoms with Crippen LogP contribution in [0.1, 0.15) is 50.2 Å². The van der Waals surface area contributed by atoms with Crippen LogP contribution in [0.5, 0.6) is 0 Å². The van der Waals surface area contributed by atoms with Crippen molar-refractivity contribution in [1.29, 1.82) is 5.26 Å². The van der Waals surface area contributed by atoms with Gasteiger partial charge in [-0.15, -0.1) is 0 Å². The molecule has 31 heavy (non-hydrogen) atoms. The Morgan fingerprint density at radius 3 is 2.87 bits per heavy atom. The smallest absolute Gasteiger partial charge is 0.223 e. The summed E-state index contributed by atoms with van der Waals surface area (Å²) in [5.41, 5.74) is 3.26. The number of anilines is 1. The Bertz CT molecular complexity index is 1100. The maximum atomic E-state index is 15.1. The van der Waals surface area contributed by atoms with Gasteiger partial charge in [-0.05, 0) is 43.9 Å². The fourth-order valence-electron chi connectivity index (χ4n) is 5.10. The van der Waals surface area contributed by atoms with E-state index in [1.165, 1.54) is 12.3 Å². The van der Waals surface area contributed by atoms with Crippen LogP contribution in [-0.2, 0) is 10.2 Å². The van der Waals surface area contributed by atoms with Gasteiger partial charge in [0.2, 0.25) is 5.95 Å². The number of aliphatic imine (C=N–C) groups is 1. The van der Waals surface area contributed by atoms with E-state index in [1.54, 1.807) is 0 Å². The summed E-state index contributed by atoms with van der Waals surface area (Å²) in [5.74, 6) is -0.101. The molecule has 8 heteroatoms. The minimum Gasteiger partial charge on any atom is -0.389 e. The number of nitrogens with zero attached hydrogens (tertiary/aromatic N) is 4. The van der Waals surface area contributed by atoms with Crippen LogP contribution in [0.3, 0.4) is 0 Å². The van der Waals surface area contributed by atoms with E-state index in [-0.39, 0.29) is 23.6 Å². The highest BCUT2D eigenvalue weighted by atomic mass is 19.1. The van der Waals surface area contributed by atoms with Crippen molar-refractivity contribution < 1.29 is 14.2 Å². The minimum atomic E-state index is -0.670. The molecule has 1 aromatic heterocycles. The van der Waals surface area contributed by atoms with Gasteiger partial charge in [0, 0.05) is 23.3 Å². The van der Waals surface area contributed by atoms with E-state index in [0.29, 0.717) is 35.9 Å². The topological polar surface area (TPSA) is 103 Å². The molecule has 1 aliphatic carbocycles. The number of aliphatic hydroxyl groups excluding tert-OH is 1. The van der Waals surface area contributed by atoms with Gasteiger partial charge in [0.15, 0.2) is 0 Å². The normalized spacial score (nSPS) is 24.0. The third kappa shape index (κ3) is 3.29. The second-order valence-electron chi connectivity index (χ2n) is 8.59. The fraction of sp³-hybridized carbons (Fsp3) is 0.478. The number of rotatable bonds is 3. The van der Waals surface area contributed by atoms with E-state index in [1.807, 2.05) is 13.0 Å². The number of aromatic nitrogens is 2. The second kappa shape index (κ2) is 7.66. The standard InChI is InChI=1S/C23H24FN5O2/c1-13-23(5-2-3-6-23)16-8-14(9-17(24)21(16)27-13)20-15(10-25)11-26-22(29-20)28-18-4-7-31-12-19(18)30/h8-9,11,18-19,30H,2-7,12H2,1H3,(H,26,28,29)/t18-,19-/m1/s1. The van der Waals surface area contributed by atoms with E-state index in [9.17, 15) is 10.4 Å². The summed E-state index contributed by atoms with van der Waals surface area (Å²) < 4.78 is 20.4. The Kier molecular flexibility index (Phi) is 4.95. The van der Waals surface area contributed by atoms with Crippen LogP contribution in [-0.4, -0.2) is 46.1 Å². The molecule has 160 valence electrons.